The van der Waals surface area contributed by atoms with Crippen LogP contribution < -0.4 is 9.47 Å². The molecule has 7 nitrogen and oxygen atoms in total. The fourth-order valence-electron chi connectivity index (χ4n) is 2.08. The monoisotopic (exact) mass is 309 g/mol. The average molecular weight is 309 g/mol. The van der Waals surface area contributed by atoms with E-state index >= 15 is 0 Å². The number of aromatic nitrogens is 2. The van der Waals surface area contributed by atoms with Crippen molar-refractivity contribution in [2.24, 2.45) is 0 Å². The standard InChI is InChI=1S/C13H15N3O4S/c1-9-14-6-13(15-9)21(17,18)16(2)7-10-3-4-11-12(5-10)20-8-19-11/h3-6H,7-8H2,1-2H3,(H,14,15). The van der Waals surface area contributed by atoms with E-state index in [1.165, 1.54) is 17.5 Å². The Hall–Kier alpha value is -2.06. The van der Waals surface area contributed by atoms with Gasteiger partial charge in [0, 0.05) is 13.6 Å². The van der Waals surface area contributed by atoms with Crippen LogP contribution in [0.1, 0.15) is 11.4 Å². The molecule has 1 aliphatic heterocycles. The second-order valence-electron chi connectivity index (χ2n) is 4.78. The molecule has 1 aliphatic rings. The van der Waals surface area contributed by atoms with E-state index in [1.54, 1.807) is 19.1 Å². The minimum absolute atomic E-state index is 0.0863. The number of rotatable bonds is 4. The second kappa shape index (κ2) is 5.05. The van der Waals surface area contributed by atoms with Crippen molar-refractivity contribution in [2.45, 2.75) is 18.5 Å². The lowest BCUT2D eigenvalue weighted by Gasteiger charge is -2.16. The number of nitrogens with one attached hydrogen (secondary N) is 1. The molecule has 2 aromatic rings. The second-order valence-corrected chi connectivity index (χ2v) is 6.79. The number of benzene rings is 1. The van der Waals surface area contributed by atoms with Crippen molar-refractivity contribution in [3.8, 4) is 11.5 Å². The summed E-state index contributed by atoms with van der Waals surface area (Å²) in [6.07, 6.45) is 1.32. The number of sulfonamides is 1. The molecule has 0 atom stereocenters. The van der Waals surface area contributed by atoms with Gasteiger partial charge < -0.3 is 14.5 Å². The highest BCUT2D eigenvalue weighted by Crippen LogP contribution is 2.33. The maximum absolute atomic E-state index is 12.4. The van der Waals surface area contributed by atoms with Gasteiger partial charge in [-0.15, -0.1) is 0 Å². The molecule has 3 rings (SSSR count). The smallest absolute Gasteiger partial charge is 0.260 e. The Balaban J connectivity index is 1.81. The molecule has 21 heavy (non-hydrogen) atoms. The number of fused-ring (bicyclic) bond motifs is 1. The zero-order chi connectivity index (χ0) is 15.0. The molecule has 0 saturated carbocycles. The van der Waals surface area contributed by atoms with Crippen LogP contribution in [0.5, 0.6) is 11.5 Å². The Morgan fingerprint density at radius 2 is 2.10 bits per heavy atom. The summed E-state index contributed by atoms with van der Waals surface area (Å²) >= 11 is 0. The summed E-state index contributed by atoms with van der Waals surface area (Å²) in [7, 11) is -2.06. The van der Waals surface area contributed by atoms with Crippen LogP contribution in [0, 0.1) is 6.92 Å². The molecule has 0 saturated heterocycles. The summed E-state index contributed by atoms with van der Waals surface area (Å²) < 4.78 is 36.5. The Kier molecular flexibility index (Phi) is 3.34. The molecular formula is C13H15N3O4S. The van der Waals surface area contributed by atoms with E-state index in [0.717, 1.165) is 5.56 Å². The van der Waals surface area contributed by atoms with Crippen LogP contribution in [0.25, 0.3) is 0 Å². The van der Waals surface area contributed by atoms with E-state index in [4.69, 9.17) is 9.47 Å². The van der Waals surface area contributed by atoms with Gasteiger partial charge in [-0.25, -0.2) is 13.4 Å². The molecule has 0 unspecified atom stereocenters. The van der Waals surface area contributed by atoms with Gasteiger partial charge in [-0.1, -0.05) is 6.07 Å². The maximum atomic E-state index is 12.4. The zero-order valence-electron chi connectivity index (χ0n) is 11.7. The van der Waals surface area contributed by atoms with E-state index in [2.05, 4.69) is 9.97 Å². The lowest BCUT2D eigenvalue weighted by atomic mass is 10.2. The zero-order valence-corrected chi connectivity index (χ0v) is 12.5. The Labute approximate surface area is 122 Å². The minimum Gasteiger partial charge on any atom is -0.454 e. The third-order valence-corrected chi connectivity index (χ3v) is 4.92. The molecule has 0 aliphatic carbocycles. The van der Waals surface area contributed by atoms with E-state index in [0.29, 0.717) is 17.3 Å². The van der Waals surface area contributed by atoms with Gasteiger partial charge in [0.15, 0.2) is 16.5 Å². The molecule has 1 aromatic carbocycles. The number of H-pyrrole nitrogens is 1. The van der Waals surface area contributed by atoms with Gasteiger partial charge in [-0.3, -0.25) is 0 Å². The van der Waals surface area contributed by atoms with Crippen molar-refractivity contribution in [3.63, 3.8) is 0 Å². The van der Waals surface area contributed by atoms with Crippen LogP contribution in [0.2, 0.25) is 0 Å². The van der Waals surface area contributed by atoms with Crippen molar-refractivity contribution < 1.29 is 17.9 Å². The highest BCUT2D eigenvalue weighted by Gasteiger charge is 2.23. The molecule has 112 valence electrons. The fraction of sp³-hybridized carbons (Fsp3) is 0.308. The van der Waals surface area contributed by atoms with E-state index in [9.17, 15) is 8.42 Å². The van der Waals surface area contributed by atoms with Gasteiger partial charge >= 0.3 is 0 Å². The first-order valence-electron chi connectivity index (χ1n) is 6.33. The quantitative estimate of drug-likeness (QED) is 0.919. The predicted octanol–water partition coefficient (Wildman–Crippen LogP) is 1.27. The number of hydrogen-bond acceptors (Lipinski definition) is 5. The van der Waals surface area contributed by atoms with Crippen molar-refractivity contribution in [2.75, 3.05) is 13.8 Å². The largest absolute Gasteiger partial charge is 0.454 e. The van der Waals surface area contributed by atoms with E-state index < -0.39 is 10.0 Å². The maximum Gasteiger partial charge on any atom is 0.260 e. The van der Waals surface area contributed by atoms with Crippen molar-refractivity contribution in [3.05, 3.63) is 35.8 Å². The number of hydrogen-bond donors (Lipinski definition) is 1. The summed E-state index contributed by atoms with van der Waals surface area (Å²) in [6.45, 7) is 2.13. The first-order chi connectivity index (χ1) is 9.96. The van der Waals surface area contributed by atoms with Gasteiger partial charge in [-0.05, 0) is 24.6 Å². The average Bonchev–Trinajstić information content (AvgIpc) is 3.06. The molecule has 0 fully saturated rings. The van der Waals surface area contributed by atoms with E-state index in [-0.39, 0.29) is 18.4 Å². The number of aryl methyl sites for hydroxylation is 1. The van der Waals surface area contributed by atoms with E-state index in [1.807, 2.05) is 6.07 Å². The van der Waals surface area contributed by atoms with Gasteiger partial charge in [0.2, 0.25) is 6.79 Å². The van der Waals surface area contributed by atoms with Crippen molar-refractivity contribution in [1.82, 2.24) is 14.3 Å². The predicted molar refractivity (Wildman–Crippen MR) is 74.5 cm³/mol. The highest BCUT2D eigenvalue weighted by molar-refractivity contribution is 7.89. The number of aromatic amines is 1. The highest BCUT2D eigenvalue weighted by atomic mass is 32.2. The molecule has 0 spiro atoms. The third kappa shape index (κ3) is 2.59. The summed E-state index contributed by atoms with van der Waals surface area (Å²) in [6, 6.07) is 5.38. The summed E-state index contributed by atoms with van der Waals surface area (Å²) in [5.74, 6) is 1.87. The molecular weight excluding hydrogens is 294 g/mol. The van der Waals surface area contributed by atoms with Crippen molar-refractivity contribution >= 4 is 10.0 Å². The molecule has 1 aromatic heterocycles. The summed E-state index contributed by atoms with van der Waals surface area (Å²) in [5, 5.41) is 0.0863. The lowest BCUT2D eigenvalue weighted by Crippen LogP contribution is -2.26. The van der Waals surface area contributed by atoms with Crippen LogP contribution in [-0.2, 0) is 16.6 Å². The normalized spacial score (nSPS) is 13.9. The van der Waals surface area contributed by atoms with Crippen molar-refractivity contribution in [1.29, 1.82) is 0 Å². The first kappa shape index (κ1) is 13.9. The first-order valence-corrected chi connectivity index (χ1v) is 7.77. The molecule has 2 heterocycles. The van der Waals surface area contributed by atoms with Crippen LogP contribution in [0.15, 0.2) is 29.4 Å². The van der Waals surface area contributed by atoms with Crippen LogP contribution in [0.4, 0.5) is 0 Å². The molecule has 0 amide bonds. The molecule has 0 radical (unpaired) electrons. The molecule has 8 heteroatoms. The number of imidazole rings is 1. The van der Waals surface area contributed by atoms with Crippen LogP contribution >= 0.6 is 0 Å². The summed E-state index contributed by atoms with van der Waals surface area (Å²) in [5.41, 5.74) is 0.821. The number of ether oxygens (including phenoxy) is 2. The van der Waals surface area contributed by atoms with Gasteiger partial charge in [0.1, 0.15) is 5.82 Å². The SMILES string of the molecule is Cc1ncc(S(=O)(=O)N(C)Cc2ccc3c(c2)OCO3)[nH]1. The summed E-state index contributed by atoms with van der Waals surface area (Å²) in [4.78, 5) is 6.66. The third-order valence-electron chi connectivity index (χ3n) is 3.21. The van der Waals surface area contributed by atoms with Gasteiger partial charge in [-0.2, -0.15) is 4.31 Å². The Morgan fingerprint density at radius 1 is 1.33 bits per heavy atom. The lowest BCUT2D eigenvalue weighted by molar-refractivity contribution is 0.174. The fourth-order valence-corrected chi connectivity index (χ4v) is 3.20. The van der Waals surface area contributed by atoms with Gasteiger partial charge in [0.05, 0.1) is 6.20 Å². The van der Waals surface area contributed by atoms with Crippen LogP contribution in [-0.4, -0.2) is 36.5 Å². The molecule has 1 N–H and O–H groups in total. The Morgan fingerprint density at radius 3 is 2.81 bits per heavy atom. The number of nitrogens with zero attached hydrogens (tertiary/aromatic N) is 2. The van der Waals surface area contributed by atoms with Gasteiger partial charge in [0.25, 0.3) is 10.0 Å². The van der Waals surface area contributed by atoms with Crippen LogP contribution in [0.3, 0.4) is 0 Å². The topological polar surface area (TPSA) is 84.5 Å². The minimum atomic E-state index is -3.59. The Bertz CT molecular complexity index is 769. The molecule has 0 bridgehead atoms.